The second-order valence-electron chi connectivity index (χ2n) is 5.04. The summed E-state index contributed by atoms with van der Waals surface area (Å²) < 4.78 is 33.9. The fourth-order valence-corrected chi connectivity index (χ4v) is 2.91. The number of esters is 1. The van der Waals surface area contributed by atoms with Crippen LogP contribution in [0, 0.1) is 6.92 Å². The molecule has 2 aromatic rings. The van der Waals surface area contributed by atoms with Gasteiger partial charge in [-0.15, -0.1) is 0 Å². The number of hydrogen-bond acceptors (Lipinski definition) is 5. The van der Waals surface area contributed by atoms with Gasteiger partial charge in [-0.3, -0.25) is 0 Å². The van der Waals surface area contributed by atoms with Crippen molar-refractivity contribution in [2.24, 2.45) is 0 Å². The van der Waals surface area contributed by atoms with Gasteiger partial charge < -0.3 is 8.92 Å². The lowest BCUT2D eigenvalue weighted by molar-refractivity contribution is 0.0733. The number of aryl methyl sites for hydroxylation is 1. The van der Waals surface area contributed by atoms with Crippen LogP contribution in [0.5, 0.6) is 11.5 Å². The second-order valence-corrected chi connectivity index (χ2v) is 6.73. The van der Waals surface area contributed by atoms with E-state index in [1.807, 2.05) is 19.1 Å². The van der Waals surface area contributed by atoms with Crippen LogP contribution in [0.15, 0.2) is 48.5 Å². The summed E-state index contributed by atoms with van der Waals surface area (Å²) in [6.07, 6.45) is 0.429. The van der Waals surface area contributed by atoms with E-state index in [2.05, 4.69) is 0 Å². The monoisotopic (exact) mass is 334 g/mol. The summed E-state index contributed by atoms with van der Waals surface area (Å²) in [4.78, 5) is 12.3. The molecule has 0 radical (unpaired) electrons. The van der Waals surface area contributed by atoms with Crippen molar-refractivity contribution >= 4 is 16.1 Å². The van der Waals surface area contributed by atoms with E-state index in [1.165, 1.54) is 12.1 Å². The first kappa shape index (κ1) is 17.0. The van der Waals surface area contributed by atoms with Crippen molar-refractivity contribution in [1.82, 2.24) is 0 Å². The molecule has 0 saturated carbocycles. The number of carbonyl (C=O) groups is 1. The molecule has 2 rings (SSSR count). The minimum atomic E-state index is -3.73. The summed E-state index contributed by atoms with van der Waals surface area (Å²) in [5, 5.41) is 0. The van der Waals surface area contributed by atoms with Crippen molar-refractivity contribution in [1.29, 1.82) is 0 Å². The van der Waals surface area contributed by atoms with Crippen LogP contribution in [-0.2, 0) is 10.1 Å². The van der Waals surface area contributed by atoms with E-state index in [0.29, 0.717) is 12.2 Å². The van der Waals surface area contributed by atoms with E-state index in [-0.39, 0.29) is 17.1 Å². The first-order valence-corrected chi connectivity index (χ1v) is 8.79. The fourth-order valence-electron chi connectivity index (χ4n) is 1.90. The summed E-state index contributed by atoms with van der Waals surface area (Å²) in [6.45, 7) is 3.66. The van der Waals surface area contributed by atoms with E-state index in [0.717, 1.165) is 5.56 Å². The third-order valence-corrected chi connectivity index (χ3v) is 4.35. The highest BCUT2D eigenvalue weighted by molar-refractivity contribution is 7.87. The molecule has 2 aromatic carbocycles. The number of ether oxygens (including phenoxy) is 1. The van der Waals surface area contributed by atoms with Crippen molar-refractivity contribution in [3.63, 3.8) is 0 Å². The minimum Gasteiger partial charge on any atom is -0.423 e. The van der Waals surface area contributed by atoms with Crippen molar-refractivity contribution in [3.05, 3.63) is 59.7 Å². The van der Waals surface area contributed by atoms with Crippen molar-refractivity contribution in [2.75, 3.05) is 5.75 Å². The van der Waals surface area contributed by atoms with E-state index in [4.69, 9.17) is 8.92 Å². The lowest BCUT2D eigenvalue weighted by Crippen LogP contribution is -2.16. The van der Waals surface area contributed by atoms with Crippen LogP contribution in [0.1, 0.15) is 29.3 Å². The molecule has 0 aromatic heterocycles. The molecular formula is C17H18O5S. The lowest BCUT2D eigenvalue weighted by atomic mass is 10.2. The van der Waals surface area contributed by atoms with E-state index >= 15 is 0 Å². The molecule has 0 aliphatic carbocycles. The maximum absolute atomic E-state index is 12.3. The number of rotatable bonds is 6. The molecule has 0 fully saturated rings. The number of benzene rings is 2. The topological polar surface area (TPSA) is 69.7 Å². The predicted molar refractivity (Wildman–Crippen MR) is 87.3 cm³/mol. The molecule has 0 saturated heterocycles. The molecule has 0 aliphatic heterocycles. The maximum Gasteiger partial charge on any atom is 0.347 e. The molecule has 0 spiro atoms. The molecule has 0 amide bonds. The molecule has 0 N–H and O–H groups in total. The zero-order valence-corrected chi connectivity index (χ0v) is 13.8. The highest BCUT2D eigenvalue weighted by Gasteiger charge is 2.19. The maximum atomic E-state index is 12.3. The zero-order valence-electron chi connectivity index (χ0n) is 13.0. The van der Waals surface area contributed by atoms with Gasteiger partial charge >= 0.3 is 16.1 Å². The number of hydrogen-bond donors (Lipinski definition) is 0. The van der Waals surface area contributed by atoms with Gasteiger partial charge in [-0.2, -0.15) is 8.42 Å². The van der Waals surface area contributed by atoms with Gasteiger partial charge in [0.25, 0.3) is 0 Å². The quantitative estimate of drug-likeness (QED) is 0.460. The van der Waals surface area contributed by atoms with Gasteiger partial charge in [-0.25, -0.2) is 4.79 Å². The SMILES string of the molecule is CCCS(=O)(=O)Oc1ccccc1C(=O)Oc1ccc(C)cc1. The summed E-state index contributed by atoms with van der Waals surface area (Å²) >= 11 is 0. The Hall–Kier alpha value is -2.34. The molecule has 6 heteroatoms. The van der Waals surface area contributed by atoms with E-state index < -0.39 is 16.1 Å². The van der Waals surface area contributed by atoms with E-state index in [9.17, 15) is 13.2 Å². The van der Waals surface area contributed by atoms with Crippen LogP contribution in [0.2, 0.25) is 0 Å². The normalized spacial score (nSPS) is 11.0. The second kappa shape index (κ2) is 7.28. The van der Waals surface area contributed by atoms with Crippen molar-refractivity contribution in [3.8, 4) is 11.5 Å². The Morgan fingerprint density at radius 3 is 2.35 bits per heavy atom. The molecule has 23 heavy (non-hydrogen) atoms. The average molecular weight is 334 g/mol. The van der Waals surface area contributed by atoms with Gasteiger partial charge in [-0.05, 0) is 37.6 Å². The molecule has 0 aliphatic rings. The number of para-hydroxylation sites is 1. The van der Waals surface area contributed by atoms with Gasteiger partial charge in [0.2, 0.25) is 0 Å². The Morgan fingerprint density at radius 1 is 1.04 bits per heavy atom. The van der Waals surface area contributed by atoms with Gasteiger partial charge in [0.05, 0.1) is 5.75 Å². The standard InChI is InChI=1S/C17H18O5S/c1-3-12-23(19,20)22-16-7-5-4-6-15(16)17(18)21-14-10-8-13(2)9-11-14/h4-11H,3,12H2,1-2H3. The van der Waals surface area contributed by atoms with Gasteiger partial charge in [0, 0.05) is 0 Å². The van der Waals surface area contributed by atoms with Crippen LogP contribution >= 0.6 is 0 Å². The largest absolute Gasteiger partial charge is 0.423 e. The Kier molecular flexibility index (Phi) is 5.39. The Balaban J connectivity index is 2.22. The molecule has 0 bridgehead atoms. The van der Waals surface area contributed by atoms with E-state index in [1.54, 1.807) is 31.2 Å². The summed E-state index contributed by atoms with van der Waals surface area (Å²) in [5.74, 6) is -0.435. The van der Waals surface area contributed by atoms with Gasteiger partial charge in [0.1, 0.15) is 11.3 Å². The van der Waals surface area contributed by atoms with Crippen LogP contribution in [0.3, 0.4) is 0 Å². The zero-order chi connectivity index (χ0) is 16.9. The molecule has 0 heterocycles. The average Bonchev–Trinajstić information content (AvgIpc) is 2.49. The summed E-state index contributed by atoms with van der Waals surface area (Å²) in [7, 11) is -3.73. The smallest absolute Gasteiger partial charge is 0.347 e. The lowest BCUT2D eigenvalue weighted by Gasteiger charge is -2.10. The molecule has 0 unspecified atom stereocenters. The fraction of sp³-hybridized carbons (Fsp3) is 0.235. The Labute approximate surface area is 136 Å². The first-order valence-electron chi connectivity index (χ1n) is 7.21. The first-order chi connectivity index (χ1) is 10.9. The number of carbonyl (C=O) groups excluding carboxylic acids is 1. The van der Waals surface area contributed by atoms with Crippen LogP contribution in [-0.4, -0.2) is 20.1 Å². The summed E-state index contributed by atoms with van der Waals surface area (Å²) in [5.41, 5.74) is 1.10. The van der Waals surface area contributed by atoms with Gasteiger partial charge in [-0.1, -0.05) is 36.8 Å². The third-order valence-electron chi connectivity index (χ3n) is 3.01. The Bertz CT molecular complexity index is 779. The minimum absolute atomic E-state index is 0.0296. The van der Waals surface area contributed by atoms with Crippen LogP contribution in [0.4, 0.5) is 0 Å². The molecule has 5 nitrogen and oxygen atoms in total. The molecule has 0 atom stereocenters. The van der Waals surface area contributed by atoms with Crippen LogP contribution in [0.25, 0.3) is 0 Å². The van der Waals surface area contributed by atoms with Crippen LogP contribution < -0.4 is 8.92 Å². The predicted octanol–water partition coefficient (Wildman–Crippen LogP) is 3.33. The summed E-state index contributed by atoms with van der Waals surface area (Å²) in [6, 6.07) is 13.1. The highest BCUT2D eigenvalue weighted by atomic mass is 32.2. The molecule has 122 valence electrons. The van der Waals surface area contributed by atoms with Gasteiger partial charge in [0.15, 0.2) is 5.75 Å². The van der Waals surface area contributed by atoms with Crippen molar-refractivity contribution < 1.29 is 22.1 Å². The third kappa shape index (κ3) is 4.82. The Morgan fingerprint density at radius 2 is 1.70 bits per heavy atom. The van der Waals surface area contributed by atoms with Crippen molar-refractivity contribution in [2.45, 2.75) is 20.3 Å². The highest BCUT2D eigenvalue weighted by Crippen LogP contribution is 2.22. The molecular weight excluding hydrogens is 316 g/mol.